The van der Waals surface area contributed by atoms with E-state index in [1.165, 1.54) is 5.56 Å². The van der Waals surface area contributed by atoms with Gasteiger partial charge < -0.3 is 4.90 Å². The molecule has 2 aromatic heterocycles. The first-order valence-electron chi connectivity index (χ1n) is 7.35. The number of nitrogens with zero attached hydrogens (tertiary/aromatic N) is 4. The Morgan fingerprint density at radius 2 is 1.83 bits per heavy atom. The second-order valence-corrected chi connectivity index (χ2v) is 6.21. The summed E-state index contributed by atoms with van der Waals surface area (Å²) in [6, 6.07) is 7.10. The summed E-state index contributed by atoms with van der Waals surface area (Å²) in [5, 5.41) is 0.465. The molecule has 1 aliphatic heterocycles. The molecule has 2 aromatic rings. The first-order chi connectivity index (χ1) is 11.1. The van der Waals surface area contributed by atoms with E-state index in [1.54, 1.807) is 18.3 Å². The van der Waals surface area contributed by atoms with Crippen LogP contribution in [0.3, 0.4) is 0 Å². The highest BCUT2D eigenvalue weighted by Gasteiger charge is 2.22. The Labute approximate surface area is 144 Å². The van der Waals surface area contributed by atoms with Crippen molar-refractivity contribution in [3.05, 3.63) is 58.1 Å². The lowest BCUT2D eigenvalue weighted by molar-refractivity contribution is 0.0628. The molecule has 1 fully saturated rings. The molecule has 0 bridgehead atoms. The summed E-state index contributed by atoms with van der Waals surface area (Å²) >= 11 is 11.7. The fraction of sp³-hybridized carbons (Fsp3) is 0.312. The first-order valence-corrected chi connectivity index (χ1v) is 8.11. The lowest BCUT2D eigenvalue weighted by Gasteiger charge is -2.34. The van der Waals surface area contributed by atoms with Crippen LogP contribution in [0.1, 0.15) is 15.9 Å². The maximum Gasteiger partial charge on any atom is 0.254 e. The van der Waals surface area contributed by atoms with Crippen molar-refractivity contribution in [3.63, 3.8) is 0 Å². The van der Waals surface area contributed by atoms with Gasteiger partial charge in [-0.05, 0) is 23.8 Å². The van der Waals surface area contributed by atoms with Gasteiger partial charge in [-0.25, -0.2) is 4.98 Å². The molecule has 0 spiro atoms. The largest absolute Gasteiger partial charge is 0.336 e. The number of pyridine rings is 2. The van der Waals surface area contributed by atoms with Gasteiger partial charge in [0.2, 0.25) is 0 Å². The van der Waals surface area contributed by atoms with Crippen molar-refractivity contribution in [1.29, 1.82) is 0 Å². The number of aromatic nitrogens is 2. The Morgan fingerprint density at radius 1 is 1.13 bits per heavy atom. The van der Waals surface area contributed by atoms with Crippen molar-refractivity contribution in [2.24, 2.45) is 0 Å². The maximum absolute atomic E-state index is 12.5. The van der Waals surface area contributed by atoms with Gasteiger partial charge in [0.1, 0.15) is 10.3 Å². The van der Waals surface area contributed by atoms with E-state index in [2.05, 4.69) is 20.9 Å². The van der Waals surface area contributed by atoms with Crippen molar-refractivity contribution in [1.82, 2.24) is 19.8 Å². The number of halogens is 2. The van der Waals surface area contributed by atoms with E-state index in [0.29, 0.717) is 18.7 Å². The van der Waals surface area contributed by atoms with Gasteiger partial charge in [0, 0.05) is 50.7 Å². The van der Waals surface area contributed by atoms with Gasteiger partial charge in [-0.1, -0.05) is 29.3 Å². The molecule has 7 heteroatoms. The van der Waals surface area contributed by atoms with Gasteiger partial charge in [0.25, 0.3) is 5.91 Å². The van der Waals surface area contributed by atoms with E-state index in [1.807, 2.05) is 17.2 Å². The number of carbonyl (C=O) groups excluding carboxylic acids is 1. The van der Waals surface area contributed by atoms with Crippen LogP contribution >= 0.6 is 23.2 Å². The second kappa shape index (κ2) is 7.25. The molecule has 23 heavy (non-hydrogen) atoms. The quantitative estimate of drug-likeness (QED) is 0.798. The van der Waals surface area contributed by atoms with Gasteiger partial charge in [0.05, 0.1) is 0 Å². The highest BCUT2D eigenvalue weighted by Crippen LogP contribution is 2.17. The summed E-state index contributed by atoms with van der Waals surface area (Å²) in [5.41, 5.74) is 1.66. The zero-order valence-electron chi connectivity index (χ0n) is 12.5. The van der Waals surface area contributed by atoms with Crippen molar-refractivity contribution >= 4 is 29.1 Å². The predicted octanol–water partition coefficient (Wildman–Crippen LogP) is 2.74. The third kappa shape index (κ3) is 4.19. The molecule has 0 N–H and O–H groups in total. The number of rotatable bonds is 3. The van der Waals surface area contributed by atoms with Crippen LogP contribution in [-0.4, -0.2) is 51.9 Å². The number of carbonyl (C=O) groups is 1. The molecule has 5 nitrogen and oxygen atoms in total. The van der Waals surface area contributed by atoms with Gasteiger partial charge in [-0.15, -0.1) is 0 Å². The summed E-state index contributed by atoms with van der Waals surface area (Å²) in [7, 11) is 0. The molecule has 0 unspecified atom stereocenters. The van der Waals surface area contributed by atoms with E-state index in [-0.39, 0.29) is 16.2 Å². The average molecular weight is 351 g/mol. The Bertz CT molecular complexity index is 667. The monoisotopic (exact) mass is 350 g/mol. The second-order valence-electron chi connectivity index (χ2n) is 5.43. The Balaban J connectivity index is 1.59. The van der Waals surface area contributed by atoms with Crippen molar-refractivity contribution in [2.75, 3.05) is 26.2 Å². The molecule has 1 aliphatic rings. The van der Waals surface area contributed by atoms with Crippen LogP contribution in [0.2, 0.25) is 10.3 Å². The Hall–Kier alpha value is -1.69. The smallest absolute Gasteiger partial charge is 0.254 e. The molecular formula is C16H16Cl2N4O. The molecule has 0 aromatic carbocycles. The SMILES string of the molecule is O=C(c1cc(Cl)nc(Cl)c1)N1CCN(Cc2cccnc2)CC1. The van der Waals surface area contributed by atoms with Crippen LogP contribution in [0, 0.1) is 0 Å². The summed E-state index contributed by atoms with van der Waals surface area (Å²) < 4.78 is 0. The summed E-state index contributed by atoms with van der Waals surface area (Å²) in [5.74, 6) is -0.0581. The van der Waals surface area contributed by atoms with Crippen LogP contribution < -0.4 is 0 Å². The fourth-order valence-electron chi connectivity index (χ4n) is 2.63. The minimum atomic E-state index is -0.0581. The normalized spacial score (nSPS) is 15.7. The summed E-state index contributed by atoms with van der Waals surface area (Å²) in [4.78, 5) is 24.6. The van der Waals surface area contributed by atoms with Crippen molar-refractivity contribution in [3.8, 4) is 0 Å². The molecule has 0 atom stereocenters. The number of piperazine rings is 1. The molecule has 0 radical (unpaired) electrons. The van der Waals surface area contributed by atoms with E-state index in [0.717, 1.165) is 19.6 Å². The fourth-order valence-corrected chi connectivity index (χ4v) is 3.09. The molecular weight excluding hydrogens is 335 g/mol. The molecule has 0 saturated carbocycles. The van der Waals surface area contributed by atoms with Crippen LogP contribution in [0.5, 0.6) is 0 Å². The van der Waals surface area contributed by atoms with Crippen LogP contribution in [-0.2, 0) is 6.54 Å². The van der Waals surface area contributed by atoms with Gasteiger partial charge in [-0.3, -0.25) is 14.7 Å². The summed E-state index contributed by atoms with van der Waals surface area (Å²) in [6.07, 6.45) is 3.64. The molecule has 3 rings (SSSR count). The highest BCUT2D eigenvalue weighted by atomic mass is 35.5. The van der Waals surface area contributed by atoms with Crippen LogP contribution in [0.25, 0.3) is 0 Å². The molecule has 3 heterocycles. The topological polar surface area (TPSA) is 49.3 Å². The van der Waals surface area contributed by atoms with Gasteiger partial charge >= 0.3 is 0 Å². The van der Waals surface area contributed by atoms with E-state index >= 15 is 0 Å². The average Bonchev–Trinajstić information content (AvgIpc) is 2.55. The Kier molecular flexibility index (Phi) is 5.10. The molecule has 0 aliphatic carbocycles. The number of hydrogen-bond donors (Lipinski definition) is 0. The van der Waals surface area contributed by atoms with E-state index in [9.17, 15) is 4.79 Å². The third-order valence-corrected chi connectivity index (χ3v) is 4.19. The first kappa shape index (κ1) is 16.2. The van der Waals surface area contributed by atoms with Crippen LogP contribution in [0.15, 0.2) is 36.7 Å². The zero-order valence-corrected chi connectivity index (χ0v) is 14.0. The molecule has 1 saturated heterocycles. The standard InChI is InChI=1S/C16H16Cl2N4O/c17-14-8-13(9-15(18)20-14)16(23)22-6-4-21(5-7-22)11-12-2-1-3-19-10-12/h1-3,8-10H,4-7,11H2. The number of hydrogen-bond acceptors (Lipinski definition) is 4. The van der Waals surface area contributed by atoms with Gasteiger partial charge in [-0.2, -0.15) is 0 Å². The molecule has 1 amide bonds. The predicted molar refractivity (Wildman–Crippen MR) is 89.7 cm³/mol. The highest BCUT2D eigenvalue weighted by molar-refractivity contribution is 6.33. The lowest BCUT2D eigenvalue weighted by atomic mass is 10.2. The number of amides is 1. The summed E-state index contributed by atoms with van der Waals surface area (Å²) in [6.45, 7) is 3.86. The van der Waals surface area contributed by atoms with Crippen molar-refractivity contribution in [2.45, 2.75) is 6.54 Å². The van der Waals surface area contributed by atoms with Crippen molar-refractivity contribution < 1.29 is 4.79 Å². The Morgan fingerprint density at radius 3 is 2.43 bits per heavy atom. The third-order valence-electron chi connectivity index (χ3n) is 3.80. The zero-order chi connectivity index (χ0) is 16.2. The lowest BCUT2D eigenvalue weighted by Crippen LogP contribution is -2.48. The van der Waals surface area contributed by atoms with Gasteiger partial charge in [0.15, 0.2) is 0 Å². The minimum Gasteiger partial charge on any atom is -0.336 e. The van der Waals surface area contributed by atoms with Crippen LogP contribution in [0.4, 0.5) is 0 Å². The van der Waals surface area contributed by atoms with E-state index < -0.39 is 0 Å². The minimum absolute atomic E-state index is 0.0581. The van der Waals surface area contributed by atoms with E-state index in [4.69, 9.17) is 23.2 Å². The molecule has 120 valence electrons. The maximum atomic E-state index is 12.5.